The van der Waals surface area contributed by atoms with Gasteiger partial charge in [-0.15, -0.1) is 0 Å². The highest BCUT2D eigenvalue weighted by atomic mass is 35.5. The van der Waals surface area contributed by atoms with Crippen LogP contribution in [0.25, 0.3) is 11.1 Å². The van der Waals surface area contributed by atoms with Gasteiger partial charge < -0.3 is 14.3 Å². The van der Waals surface area contributed by atoms with Crippen LogP contribution in [0.1, 0.15) is 22.5 Å². The van der Waals surface area contributed by atoms with Crippen molar-refractivity contribution in [2.45, 2.75) is 19.0 Å². The lowest BCUT2D eigenvalue weighted by Gasteiger charge is -2.14. The quantitative estimate of drug-likeness (QED) is 0.740. The van der Waals surface area contributed by atoms with Crippen molar-refractivity contribution in [3.8, 4) is 0 Å². The summed E-state index contributed by atoms with van der Waals surface area (Å²) in [5.41, 5.74) is 2.86. The molecule has 1 aliphatic heterocycles. The Hall–Kier alpha value is -2.25. The molecule has 0 spiro atoms. The average molecular weight is 393 g/mol. The van der Waals surface area contributed by atoms with Crippen LogP contribution in [0.3, 0.4) is 0 Å². The molecule has 0 radical (unpaired) electrons. The Labute approximate surface area is 155 Å². The highest BCUT2D eigenvalue weighted by molar-refractivity contribution is 7.91. The third-order valence-corrected chi connectivity index (χ3v) is 6.60. The second-order valence-corrected chi connectivity index (χ2v) is 9.15. The van der Waals surface area contributed by atoms with Crippen molar-refractivity contribution in [3.05, 3.63) is 58.9 Å². The Bertz CT molecular complexity index is 1070. The first-order valence-corrected chi connectivity index (χ1v) is 10.4. The highest BCUT2D eigenvalue weighted by Gasteiger charge is 2.30. The number of aromatic nitrogens is 1. The molecule has 0 aliphatic carbocycles. The van der Waals surface area contributed by atoms with Crippen LogP contribution in [0.4, 0.5) is 0 Å². The molecular weight excluding hydrogens is 376 g/mol. The summed E-state index contributed by atoms with van der Waals surface area (Å²) >= 11 is 5.94. The van der Waals surface area contributed by atoms with Gasteiger partial charge >= 0.3 is 0 Å². The normalized spacial score (nSPS) is 19.0. The average Bonchev–Trinajstić information content (AvgIpc) is 3.25. The van der Waals surface area contributed by atoms with Gasteiger partial charge in [0.05, 0.1) is 23.3 Å². The fraction of sp³-hybridized carbons (Fsp3) is 0.278. The first-order chi connectivity index (χ1) is 12.4. The van der Waals surface area contributed by atoms with E-state index in [4.69, 9.17) is 16.0 Å². The maximum atomic E-state index is 12.8. The van der Waals surface area contributed by atoms with Gasteiger partial charge in [-0.2, -0.15) is 0 Å². The second-order valence-electron chi connectivity index (χ2n) is 6.49. The van der Waals surface area contributed by atoms with E-state index in [1.165, 1.54) is 0 Å². The minimum absolute atomic E-state index is 0.00719. The molecular formula is C18H17ClN2O4S. The zero-order valence-electron chi connectivity index (χ0n) is 13.8. The van der Waals surface area contributed by atoms with Crippen molar-refractivity contribution in [1.82, 2.24) is 9.88 Å². The molecule has 0 saturated carbocycles. The Morgan fingerprint density at radius 3 is 2.73 bits per heavy atom. The Morgan fingerprint density at radius 1 is 1.27 bits per heavy atom. The zero-order valence-corrected chi connectivity index (χ0v) is 15.4. The largest absolute Gasteiger partial charge is 0.463 e. The van der Waals surface area contributed by atoms with Gasteiger partial charge in [0.25, 0.3) is 5.91 Å². The van der Waals surface area contributed by atoms with E-state index in [1.807, 2.05) is 22.8 Å². The van der Waals surface area contributed by atoms with Gasteiger partial charge in [0, 0.05) is 29.7 Å². The van der Waals surface area contributed by atoms with Crippen LogP contribution in [0.15, 0.2) is 47.1 Å². The molecule has 1 N–H and O–H groups in total. The number of carbonyl (C=O) groups is 1. The molecule has 3 heterocycles. The fourth-order valence-electron chi connectivity index (χ4n) is 3.28. The highest BCUT2D eigenvalue weighted by Crippen LogP contribution is 2.23. The van der Waals surface area contributed by atoms with E-state index in [9.17, 15) is 13.2 Å². The molecule has 136 valence electrons. The maximum absolute atomic E-state index is 12.8. The number of halogens is 1. The number of nitrogens with zero attached hydrogens (tertiary/aromatic N) is 1. The van der Waals surface area contributed by atoms with Crippen LogP contribution in [0, 0.1) is 0 Å². The van der Waals surface area contributed by atoms with Crippen molar-refractivity contribution < 1.29 is 17.6 Å². The first kappa shape index (κ1) is 17.2. The lowest BCUT2D eigenvalue weighted by Crippen LogP contribution is -2.36. The van der Waals surface area contributed by atoms with E-state index < -0.39 is 9.84 Å². The van der Waals surface area contributed by atoms with Crippen LogP contribution in [0.2, 0.25) is 5.02 Å². The van der Waals surface area contributed by atoms with E-state index in [0.717, 1.165) is 11.1 Å². The lowest BCUT2D eigenvalue weighted by atomic mass is 10.2. The SMILES string of the molecule is O=C(N[C@@H]1CCS(=O)(=O)C1)c1cc2occc2n1Cc1ccc(Cl)cc1. The summed E-state index contributed by atoms with van der Waals surface area (Å²) in [5.74, 6) is -0.189. The number of hydrogen-bond acceptors (Lipinski definition) is 4. The van der Waals surface area contributed by atoms with Crippen LogP contribution in [0.5, 0.6) is 0 Å². The summed E-state index contributed by atoms with van der Waals surface area (Å²) in [5, 5.41) is 3.48. The number of amides is 1. The summed E-state index contributed by atoms with van der Waals surface area (Å²) in [6, 6.07) is 10.6. The molecule has 2 aromatic heterocycles. The molecule has 1 fully saturated rings. The van der Waals surface area contributed by atoms with Gasteiger partial charge in [0.1, 0.15) is 5.69 Å². The van der Waals surface area contributed by atoms with E-state index in [1.54, 1.807) is 24.5 Å². The van der Waals surface area contributed by atoms with Crippen molar-refractivity contribution in [1.29, 1.82) is 0 Å². The van der Waals surface area contributed by atoms with Crippen molar-refractivity contribution in [3.63, 3.8) is 0 Å². The van der Waals surface area contributed by atoms with Gasteiger partial charge in [-0.1, -0.05) is 23.7 Å². The van der Waals surface area contributed by atoms with Crippen molar-refractivity contribution in [2.75, 3.05) is 11.5 Å². The third-order valence-electron chi connectivity index (χ3n) is 4.58. The monoisotopic (exact) mass is 392 g/mol. The first-order valence-electron chi connectivity index (χ1n) is 8.24. The molecule has 1 atom stereocenters. The Morgan fingerprint density at radius 2 is 2.04 bits per heavy atom. The van der Waals surface area contributed by atoms with Gasteiger partial charge in [-0.3, -0.25) is 4.79 Å². The van der Waals surface area contributed by atoms with Crippen LogP contribution in [-0.4, -0.2) is 36.4 Å². The maximum Gasteiger partial charge on any atom is 0.268 e. The molecule has 1 aromatic carbocycles. The van der Waals surface area contributed by atoms with Gasteiger partial charge in [-0.05, 0) is 24.1 Å². The molecule has 8 heteroatoms. The second kappa shape index (κ2) is 6.48. The molecule has 1 saturated heterocycles. The number of sulfone groups is 1. The number of carbonyl (C=O) groups excluding carboxylic acids is 1. The van der Waals surface area contributed by atoms with Crippen LogP contribution >= 0.6 is 11.6 Å². The van der Waals surface area contributed by atoms with Crippen LogP contribution in [-0.2, 0) is 16.4 Å². The standard InChI is InChI=1S/C18H17ClN2O4S/c19-13-3-1-12(2-4-13)10-21-15-5-7-25-17(15)9-16(21)18(22)20-14-6-8-26(23,24)11-14/h1-5,7,9,14H,6,8,10-11H2,(H,20,22)/t14-/m1/s1. The number of fused-ring (bicyclic) bond motifs is 1. The van der Waals surface area contributed by atoms with Crippen molar-refractivity contribution >= 4 is 38.4 Å². The summed E-state index contributed by atoms with van der Waals surface area (Å²) in [7, 11) is -3.05. The number of furan rings is 1. The lowest BCUT2D eigenvalue weighted by molar-refractivity contribution is 0.0932. The molecule has 3 aromatic rings. The third kappa shape index (κ3) is 3.37. The smallest absolute Gasteiger partial charge is 0.268 e. The topological polar surface area (TPSA) is 81.3 Å². The van der Waals surface area contributed by atoms with Gasteiger partial charge in [-0.25, -0.2) is 8.42 Å². The molecule has 1 amide bonds. The van der Waals surface area contributed by atoms with Gasteiger partial charge in [0.2, 0.25) is 0 Å². The van der Waals surface area contributed by atoms with E-state index >= 15 is 0 Å². The Kier molecular flexibility index (Phi) is 4.28. The molecule has 4 rings (SSSR count). The molecule has 1 aliphatic rings. The van der Waals surface area contributed by atoms with Gasteiger partial charge in [0.15, 0.2) is 15.4 Å². The number of benzene rings is 1. The summed E-state index contributed by atoms with van der Waals surface area (Å²) in [4.78, 5) is 12.8. The number of rotatable bonds is 4. The summed E-state index contributed by atoms with van der Waals surface area (Å²) < 4.78 is 30.5. The number of hydrogen-bond donors (Lipinski definition) is 1. The summed E-state index contributed by atoms with van der Waals surface area (Å²) in [6.45, 7) is 0.478. The minimum Gasteiger partial charge on any atom is -0.463 e. The molecule has 6 nitrogen and oxygen atoms in total. The Balaban J connectivity index is 1.63. The minimum atomic E-state index is -3.05. The fourth-order valence-corrected chi connectivity index (χ4v) is 5.08. The predicted octanol–water partition coefficient (Wildman–Crippen LogP) is 2.85. The van der Waals surface area contributed by atoms with Crippen LogP contribution < -0.4 is 5.32 Å². The summed E-state index contributed by atoms with van der Waals surface area (Å²) in [6.07, 6.45) is 2.02. The predicted molar refractivity (Wildman–Crippen MR) is 99.3 cm³/mol. The molecule has 0 unspecified atom stereocenters. The molecule has 0 bridgehead atoms. The molecule has 26 heavy (non-hydrogen) atoms. The van der Waals surface area contributed by atoms with E-state index in [0.29, 0.717) is 29.3 Å². The zero-order chi connectivity index (χ0) is 18.3. The van der Waals surface area contributed by atoms with Crippen molar-refractivity contribution in [2.24, 2.45) is 0 Å². The number of nitrogens with one attached hydrogen (secondary N) is 1. The van der Waals surface area contributed by atoms with E-state index in [-0.39, 0.29) is 23.5 Å². The van der Waals surface area contributed by atoms with E-state index in [2.05, 4.69) is 5.32 Å².